The molecule has 1 aliphatic rings. The third-order valence-electron chi connectivity index (χ3n) is 2.80. The summed E-state index contributed by atoms with van der Waals surface area (Å²) in [7, 11) is 0. The second kappa shape index (κ2) is 5.90. The molecular formula is C11H16N4O2S. The Kier molecular flexibility index (Phi) is 4.24. The lowest BCUT2D eigenvalue weighted by Gasteiger charge is -2.20. The van der Waals surface area contributed by atoms with Crippen LogP contribution in [0, 0.1) is 5.92 Å². The number of hydrogen-bond donors (Lipinski definition) is 2. The molecule has 2 N–H and O–H groups in total. The number of nitrogens with zero attached hydrogens (tertiary/aromatic N) is 2. The Morgan fingerprint density at radius 1 is 1.56 bits per heavy atom. The number of rotatable bonds is 4. The smallest absolute Gasteiger partial charge is 0.231 e. The lowest BCUT2D eigenvalue weighted by atomic mass is 9.98. The molecule has 1 aromatic rings. The van der Waals surface area contributed by atoms with E-state index in [4.69, 9.17) is 0 Å². The van der Waals surface area contributed by atoms with E-state index in [0.717, 1.165) is 17.8 Å². The SMILES string of the molecule is CCCc1nnc(NC(=O)C2CCC(=O)NC2)s1. The second-order valence-corrected chi connectivity index (χ2v) is 5.34. The van der Waals surface area contributed by atoms with Crippen LogP contribution in [0.25, 0.3) is 0 Å². The summed E-state index contributed by atoms with van der Waals surface area (Å²) in [6.07, 6.45) is 2.90. The van der Waals surface area contributed by atoms with Gasteiger partial charge in [-0.15, -0.1) is 10.2 Å². The van der Waals surface area contributed by atoms with E-state index >= 15 is 0 Å². The van der Waals surface area contributed by atoms with Gasteiger partial charge in [-0.25, -0.2) is 0 Å². The number of carbonyl (C=O) groups is 2. The van der Waals surface area contributed by atoms with Crippen molar-refractivity contribution in [1.82, 2.24) is 15.5 Å². The highest BCUT2D eigenvalue weighted by Crippen LogP contribution is 2.19. The van der Waals surface area contributed by atoms with Crippen molar-refractivity contribution in [2.75, 3.05) is 11.9 Å². The summed E-state index contributed by atoms with van der Waals surface area (Å²) in [4.78, 5) is 22.9. The maximum Gasteiger partial charge on any atom is 0.231 e. The Bertz CT molecular complexity index is 436. The average Bonchev–Trinajstić information content (AvgIpc) is 2.78. The lowest BCUT2D eigenvalue weighted by Crippen LogP contribution is -2.40. The summed E-state index contributed by atoms with van der Waals surface area (Å²) in [5.41, 5.74) is 0. The highest BCUT2D eigenvalue weighted by atomic mass is 32.1. The molecule has 0 radical (unpaired) electrons. The van der Waals surface area contributed by atoms with E-state index in [-0.39, 0.29) is 17.7 Å². The maximum atomic E-state index is 11.9. The number of hydrogen-bond acceptors (Lipinski definition) is 5. The highest BCUT2D eigenvalue weighted by molar-refractivity contribution is 7.15. The van der Waals surface area contributed by atoms with Gasteiger partial charge in [0.05, 0.1) is 5.92 Å². The van der Waals surface area contributed by atoms with Crippen LogP contribution in [0.5, 0.6) is 0 Å². The minimum Gasteiger partial charge on any atom is -0.355 e. The van der Waals surface area contributed by atoms with Gasteiger partial charge in [0, 0.05) is 19.4 Å². The predicted molar refractivity (Wildman–Crippen MR) is 68.3 cm³/mol. The molecular weight excluding hydrogens is 252 g/mol. The quantitative estimate of drug-likeness (QED) is 0.851. The Balaban J connectivity index is 1.88. The summed E-state index contributed by atoms with van der Waals surface area (Å²) in [5.74, 6) is -0.240. The molecule has 0 bridgehead atoms. The van der Waals surface area contributed by atoms with Gasteiger partial charge in [0.25, 0.3) is 0 Å². The van der Waals surface area contributed by atoms with Crippen LogP contribution >= 0.6 is 11.3 Å². The van der Waals surface area contributed by atoms with Gasteiger partial charge in [0.2, 0.25) is 16.9 Å². The Morgan fingerprint density at radius 2 is 2.39 bits per heavy atom. The largest absolute Gasteiger partial charge is 0.355 e. The summed E-state index contributed by atoms with van der Waals surface area (Å²) in [6, 6.07) is 0. The molecule has 1 unspecified atom stereocenters. The number of amides is 2. The fraction of sp³-hybridized carbons (Fsp3) is 0.636. The number of aromatic nitrogens is 2. The molecule has 18 heavy (non-hydrogen) atoms. The average molecular weight is 268 g/mol. The van der Waals surface area contributed by atoms with Gasteiger partial charge in [-0.2, -0.15) is 0 Å². The minimum absolute atomic E-state index is 0.0141. The van der Waals surface area contributed by atoms with E-state index in [1.807, 2.05) is 0 Å². The van der Waals surface area contributed by atoms with E-state index in [1.54, 1.807) is 0 Å². The van der Waals surface area contributed by atoms with Crippen molar-refractivity contribution in [1.29, 1.82) is 0 Å². The molecule has 98 valence electrons. The van der Waals surface area contributed by atoms with Crippen LogP contribution in [0.1, 0.15) is 31.2 Å². The zero-order valence-corrected chi connectivity index (χ0v) is 11.0. The summed E-state index contributed by atoms with van der Waals surface area (Å²) < 4.78 is 0. The molecule has 0 aromatic carbocycles. The molecule has 1 fully saturated rings. The van der Waals surface area contributed by atoms with Gasteiger partial charge >= 0.3 is 0 Å². The van der Waals surface area contributed by atoms with Gasteiger partial charge < -0.3 is 10.6 Å². The first-order valence-electron chi connectivity index (χ1n) is 6.09. The van der Waals surface area contributed by atoms with Crippen LogP contribution in [0.3, 0.4) is 0 Å². The monoisotopic (exact) mass is 268 g/mol. The first kappa shape index (κ1) is 12.9. The fourth-order valence-electron chi connectivity index (χ4n) is 1.78. The molecule has 2 amide bonds. The highest BCUT2D eigenvalue weighted by Gasteiger charge is 2.25. The van der Waals surface area contributed by atoms with Crippen molar-refractivity contribution in [2.24, 2.45) is 5.92 Å². The normalized spacial score (nSPS) is 19.4. The van der Waals surface area contributed by atoms with E-state index in [1.165, 1.54) is 11.3 Å². The molecule has 1 aliphatic heterocycles. The van der Waals surface area contributed by atoms with Gasteiger partial charge in [-0.3, -0.25) is 9.59 Å². The minimum atomic E-state index is -0.166. The fourth-order valence-corrected chi connectivity index (χ4v) is 2.63. The molecule has 1 saturated heterocycles. The summed E-state index contributed by atoms with van der Waals surface area (Å²) in [6.45, 7) is 2.48. The number of carbonyl (C=O) groups excluding carboxylic acids is 2. The summed E-state index contributed by atoms with van der Waals surface area (Å²) >= 11 is 1.41. The van der Waals surface area contributed by atoms with Crippen molar-refractivity contribution in [2.45, 2.75) is 32.6 Å². The zero-order valence-electron chi connectivity index (χ0n) is 10.2. The predicted octanol–water partition coefficient (Wildman–Crippen LogP) is 0.955. The Morgan fingerprint density at radius 3 is 3.06 bits per heavy atom. The zero-order chi connectivity index (χ0) is 13.0. The van der Waals surface area contributed by atoms with Crippen LogP contribution in [-0.2, 0) is 16.0 Å². The van der Waals surface area contributed by atoms with Gasteiger partial charge in [-0.05, 0) is 12.8 Å². The molecule has 1 atom stereocenters. The molecule has 0 aliphatic carbocycles. The third-order valence-corrected chi connectivity index (χ3v) is 3.70. The van der Waals surface area contributed by atoms with Crippen LogP contribution < -0.4 is 10.6 Å². The van der Waals surface area contributed by atoms with Gasteiger partial charge in [-0.1, -0.05) is 18.3 Å². The molecule has 0 spiro atoms. The van der Waals surface area contributed by atoms with Crippen LogP contribution in [-0.4, -0.2) is 28.6 Å². The van der Waals surface area contributed by atoms with Crippen LogP contribution in [0.4, 0.5) is 5.13 Å². The van der Waals surface area contributed by atoms with E-state index in [9.17, 15) is 9.59 Å². The number of aryl methyl sites for hydroxylation is 1. The molecule has 2 heterocycles. The molecule has 0 saturated carbocycles. The van der Waals surface area contributed by atoms with Crippen molar-refractivity contribution < 1.29 is 9.59 Å². The first-order valence-corrected chi connectivity index (χ1v) is 6.90. The van der Waals surface area contributed by atoms with E-state index < -0.39 is 0 Å². The number of nitrogens with one attached hydrogen (secondary N) is 2. The molecule has 2 rings (SSSR count). The first-order chi connectivity index (χ1) is 8.69. The van der Waals surface area contributed by atoms with Crippen LogP contribution in [0.15, 0.2) is 0 Å². The van der Waals surface area contributed by atoms with Gasteiger partial charge in [0.15, 0.2) is 0 Å². The molecule has 7 heteroatoms. The number of anilines is 1. The van der Waals surface area contributed by atoms with Crippen molar-refractivity contribution in [3.8, 4) is 0 Å². The van der Waals surface area contributed by atoms with Crippen LogP contribution in [0.2, 0.25) is 0 Å². The third kappa shape index (κ3) is 3.25. The maximum absolute atomic E-state index is 11.9. The Labute approximate surface area is 109 Å². The topological polar surface area (TPSA) is 84.0 Å². The molecule has 1 aromatic heterocycles. The number of piperidine rings is 1. The van der Waals surface area contributed by atoms with Crippen molar-refractivity contribution in [3.63, 3.8) is 0 Å². The summed E-state index contributed by atoms with van der Waals surface area (Å²) in [5, 5.41) is 14.9. The Hall–Kier alpha value is -1.50. The second-order valence-electron chi connectivity index (χ2n) is 4.28. The lowest BCUT2D eigenvalue weighted by molar-refractivity contribution is -0.126. The van der Waals surface area contributed by atoms with Gasteiger partial charge in [0.1, 0.15) is 5.01 Å². The van der Waals surface area contributed by atoms with E-state index in [2.05, 4.69) is 27.8 Å². The van der Waals surface area contributed by atoms with Crippen molar-refractivity contribution >= 4 is 28.3 Å². The molecule has 6 nitrogen and oxygen atoms in total. The van der Waals surface area contributed by atoms with Crippen molar-refractivity contribution in [3.05, 3.63) is 5.01 Å². The van der Waals surface area contributed by atoms with E-state index in [0.29, 0.717) is 24.5 Å². The standard InChI is InChI=1S/C11H16N4O2S/c1-2-3-9-14-15-11(18-9)13-10(17)7-4-5-8(16)12-6-7/h7H,2-6H2,1H3,(H,12,16)(H,13,15,17).